The number of ether oxygens (including phenoxy) is 1. The molecular weight excluding hydrogens is 184 g/mol. The fourth-order valence-electron chi connectivity index (χ4n) is 0.842. The Morgan fingerprint density at radius 1 is 1.29 bits per heavy atom. The van der Waals surface area contributed by atoms with Gasteiger partial charge < -0.3 is 9.64 Å². The summed E-state index contributed by atoms with van der Waals surface area (Å²) < 4.78 is 4.57. The molecule has 0 bridgehead atoms. The number of methoxy groups -OCH3 is 1. The van der Waals surface area contributed by atoms with Crippen LogP contribution >= 0.6 is 0 Å². The molecule has 1 amide bonds. The summed E-state index contributed by atoms with van der Waals surface area (Å²) in [7, 11) is 6.40. The average Bonchev–Trinajstić information content (AvgIpc) is 2.14. The summed E-state index contributed by atoms with van der Waals surface area (Å²) in [6, 6.07) is -0.399. The number of likely N-dealkylation sites (N-methyl/N-ethyl adjacent to an activating group) is 2. The van der Waals surface area contributed by atoms with Gasteiger partial charge in [-0.2, -0.15) is 0 Å². The second kappa shape index (κ2) is 5.59. The molecule has 14 heavy (non-hydrogen) atoms. The van der Waals surface area contributed by atoms with Gasteiger partial charge in [0.2, 0.25) is 5.91 Å². The molecule has 0 aromatic carbocycles. The minimum Gasteiger partial charge on any atom is -0.468 e. The standard InChI is InChI=1S/C9H18N2O3/c1-7(9(13)14-5)11(4)6-8(12)10(2)3/h7H,6H2,1-5H3. The molecule has 0 rings (SSSR count). The number of rotatable bonds is 4. The molecule has 0 fully saturated rings. The highest BCUT2D eigenvalue weighted by atomic mass is 16.5. The maximum atomic E-state index is 11.3. The van der Waals surface area contributed by atoms with E-state index in [1.54, 1.807) is 33.0 Å². The van der Waals surface area contributed by atoms with E-state index in [0.717, 1.165) is 0 Å². The van der Waals surface area contributed by atoms with E-state index in [0.29, 0.717) is 0 Å². The summed E-state index contributed by atoms with van der Waals surface area (Å²) in [5.74, 6) is -0.373. The van der Waals surface area contributed by atoms with Gasteiger partial charge in [-0.1, -0.05) is 0 Å². The Kier molecular flexibility index (Phi) is 5.15. The summed E-state index contributed by atoms with van der Waals surface area (Å²) in [6.07, 6.45) is 0. The third kappa shape index (κ3) is 3.74. The first kappa shape index (κ1) is 12.9. The molecule has 0 aliphatic heterocycles. The van der Waals surface area contributed by atoms with Gasteiger partial charge in [0.1, 0.15) is 6.04 Å². The summed E-state index contributed by atoms with van der Waals surface area (Å²) in [5, 5.41) is 0. The number of hydrogen-bond donors (Lipinski definition) is 0. The maximum absolute atomic E-state index is 11.3. The van der Waals surface area contributed by atoms with Crippen LogP contribution in [0.5, 0.6) is 0 Å². The van der Waals surface area contributed by atoms with Crippen molar-refractivity contribution in [2.75, 3.05) is 34.8 Å². The first-order valence-electron chi connectivity index (χ1n) is 4.38. The van der Waals surface area contributed by atoms with Gasteiger partial charge in [0, 0.05) is 14.1 Å². The molecule has 5 heteroatoms. The van der Waals surface area contributed by atoms with Crippen LogP contribution in [0.1, 0.15) is 6.92 Å². The molecule has 5 nitrogen and oxygen atoms in total. The van der Waals surface area contributed by atoms with Crippen molar-refractivity contribution in [2.45, 2.75) is 13.0 Å². The lowest BCUT2D eigenvalue weighted by atomic mass is 10.3. The molecule has 0 radical (unpaired) electrons. The fourth-order valence-corrected chi connectivity index (χ4v) is 0.842. The van der Waals surface area contributed by atoms with Crippen molar-refractivity contribution >= 4 is 11.9 Å². The van der Waals surface area contributed by atoms with Crippen molar-refractivity contribution in [3.8, 4) is 0 Å². The molecule has 0 heterocycles. The third-order valence-electron chi connectivity index (χ3n) is 2.09. The van der Waals surface area contributed by atoms with Crippen molar-refractivity contribution in [1.29, 1.82) is 0 Å². The van der Waals surface area contributed by atoms with E-state index in [-0.39, 0.29) is 18.4 Å². The van der Waals surface area contributed by atoms with Crippen LogP contribution in [0.2, 0.25) is 0 Å². The SMILES string of the molecule is COC(=O)C(C)N(C)CC(=O)N(C)C. The van der Waals surface area contributed by atoms with Crippen molar-refractivity contribution in [1.82, 2.24) is 9.80 Å². The van der Waals surface area contributed by atoms with E-state index in [4.69, 9.17) is 0 Å². The highest BCUT2D eigenvalue weighted by Gasteiger charge is 2.20. The van der Waals surface area contributed by atoms with Crippen LogP contribution in [0.15, 0.2) is 0 Å². The monoisotopic (exact) mass is 202 g/mol. The van der Waals surface area contributed by atoms with Crippen molar-refractivity contribution < 1.29 is 14.3 Å². The largest absolute Gasteiger partial charge is 0.468 e. The van der Waals surface area contributed by atoms with Gasteiger partial charge in [0.15, 0.2) is 0 Å². The minimum atomic E-state index is -0.399. The number of carbonyl (C=O) groups excluding carboxylic acids is 2. The maximum Gasteiger partial charge on any atom is 0.322 e. The zero-order valence-electron chi connectivity index (χ0n) is 9.40. The number of carbonyl (C=O) groups is 2. The van der Waals surface area contributed by atoms with Gasteiger partial charge >= 0.3 is 5.97 Å². The van der Waals surface area contributed by atoms with Gasteiger partial charge in [-0.15, -0.1) is 0 Å². The average molecular weight is 202 g/mol. The topological polar surface area (TPSA) is 49.9 Å². The number of hydrogen-bond acceptors (Lipinski definition) is 4. The predicted octanol–water partition coefficient (Wildman–Crippen LogP) is -0.432. The lowest BCUT2D eigenvalue weighted by molar-refractivity contribution is -0.146. The normalized spacial score (nSPS) is 12.4. The van der Waals surface area contributed by atoms with Gasteiger partial charge in [0.25, 0.3) is 0 Å². The lowest BCUT2D eigenvalue weighted by Crippen LogP contribution is -2.42. The molecule has 0 saturated heterocycles. The van der Waals surface area contributed by atoms with E-state index < -0.39 is 6.04 Å². The molecule has 1 atom stereocenters. The molecule has 0 N–H and O–H groups in total. The third-order valence-corrected chi connectivity index (χ3v) is 2.09. The van der Waals surface area contributed by atoms with Crippen molar-refractivity contribution in [3.05, 3.63) is 0 Å². The van der Waals surface area contributed by atoms with Gasteiger partial charge in [0.05, 0.1) is 13.7 Å². The number of amides is 1. The molecule has 0 aromatic heterocycles. The van der Waals surface area contributed by atoms with Crippen LogP contribution in [0, 0.1) is 0 Å². The first-order valence-corrected chi connectivity index (χ1v) is 4.38. The van der Waals surface area contributed by atoms with E-state index in [9.17, 15) is 9.59 Å². The smallest absolute Gasteiger partial charge is 0.322 e. The molecule has 0 aliphatic carbocycles. The Morgan fingerprint density at radius 3 is 2.14 bits per heavy atom. The summed E-state index contributed by atoms with van der Waals surface area (Å²) in [4.78, 5) is 25.6. The molecule has 1 unspecified atom stereocenters. The zero-order valence-corrected chi connectivity index (χ0v) is 9.40. The Morgan fingerprint density at radius 2 is 1.79 bits per heavy atom. The van der Waals surface area contributed by atoms with E-state index in [1.807, 2.05) is 0 Å². The summed E-state index contributed by atoms with van der Waals surface area (Å²) >= 11 is 0. The highest BCUT2D eigenvalue weighted by Crippen LogP contribution is 1.98. The molecule has 0 aliphatic rings. The van der Waals surface area contributed by atoms with Gasteiger partial charge in [-0.25, -0.2) is 0 Å². The van der Waals surface area contributed by atoms with Crippen LogP contribution in [0.4, 0.5) is 0 Å². The number of nitrogens with zero attached hydrogens (tertiary/aromatic N) is 2. The predicted molar refractivity (Wildman–Crippen MR) is 52.8 cm³/mol. The number of esters is 1. The Labute approximate surface area is 84.6 Å². The van der Waals surface area contributed by atoms with Crippen molar-refractivity contribution in [3.63, 3.8) is 0 Å². The van der Waals surface area contributed by atoms with Crippen LogP contribution in [-0.2, 0) is 14.3 Å². The van der Waals surface area contributed by atoms with Gasteiger partial charge in [-0.05, 0) is 14.0 Å². The molecular formula is C9H18N2O3. The Balaban J connectivity index is 4.14. The Hall–Kier alpha value is -1.10. The molecule has 0 spiro atoms. The summed E-state index contributed by atoms with van der Waals surface area (Å²) in [5.41, 5.74) is 0. The van der Waals surface area contributed by atoms with Crippen LogP contribution in [0.3, 0.4) is 0 Å². The van der Waals surface area contributed by atoms with Crippen LogP contribution in [-0.4, -0.2) is 62.5 Å². The zero-order chi connectivity index (χ0) is 11.3. The second-order valence-electron chi connectivity index (χ2n) is 3.40. The Bertz CT molecular complexity index is 216. The van der Waals surface area contributed by atoms with E-state index >= 15 is 0 Å². The summed E-state index contributed by atoms with van der Waals surface area (Å²) in [6.45, 7) is 1.91. The molecule has 0 aromatic rings. The quantitative estimate of drug-likeness (QED) is 0.580. The van der Waals surface area contributed by atoms with Crippen LogP contribution < -0.4 is 0 Å². The van der Waals surface area contributed by atoms with Crippen molar-refractivity contribution in [2.24, 2.45) is 0 Å². The van der Waals surface area contributed by atoms with E-state index in [2.05, 4.69) is 4.74 Å². The highest BCUT2D eigenvalue weighted by molar-refractivity contribution is 5.80. The fraction of sp³-hybridized carbons (Fsp3) is 0.778. The molecule has 0 saturated carbocycles. The van der Waals surface area contributed by atoms with E-state index in [1.165, 1.54) is 12.0 Å². The minimum absolute atomic E-state index is 0.0387. The lowest BCUT2D eigenvalue weighted by Gasteiger charge is -2.23. The second-order valence-corrected chi connectivity index (χ2v) is 3.40. The first-order chi connectivity index (χ1) is 6.40. The van der Waals surface area contributed by atoms with Gasteiger partial charge in [-0.3, -0.25) is 14.5 Å². The molecule has 82 valence electrons. The van der Waals surface area contributed by atoms with Crippen LogP contribution in [0.25, 0.3) is 0 Å².